The first-order valence-electron chi connectivity index (χ1n) is 11.8. The molecule has 2 rings (SSSR count). The third-order valence-corrected chi connectivity index (χ3v) is 6.27. The number of amides is 4. The molecule has 7 N–H and O–H groups in total. The van der Waals surface area contributed by atoms with E-state index in [1.807, 2.05) is 13.0 Å². The number of carboxylic acids is 1. The first-order valence-corrected chi connectivity index (χ1v) is 11.8. The van der Waals surface area contributed by atoms with Crippen LogP contribution in [0.1, 0.15) is 45.1 Å². The molecule has 4 amide bonds. The Hall–Kier alpha value is -3.47. The monoisotopic (exact) mass is 489 g/mol. The molecule has 0 saturated carbocycles. The minimum Gasteiger partial charge on any atom is -0.480 e. The van der Waals surface area contributed by atoms with E-state index in [1.54, 1.807) is 31.2 Å². The van der Waals surface area contributed by atoms with Crippen molar-refractivity contribution in [3.8, 4) is 0 Å². The van der Waals surface area contributed by atoms with Gasteiger partial charge < -0.3 is 32.1 Å². The lowest BCUT2D eigenvalue weighted by Crippen LogP contribution is -2.58. The smallest absolute Gasteiger partial charge is 0.326 e. The number of carbonyl (C=O) groups excluding carboxylic acids is 4. The maximum atomic E-state index is 13.1. The lowest BCUT2D eigenvalue weighted by molar-refractivity contribution is -0.143. The van der Waals surface area contributed by atoms with Crippen LogP contribution in [-0.4, -0.2) is 70.3 Å². The van der Waals surface area contributed by atoms with Gasteiger partial charge in [0.15, 0.2) is 0 Å². The SMILES string of the molecule is CCC(C)C(NC(=O)C1CCCN1C(=O)C(N)CC(N)=O)C(=O)NC(Cc1ccccc1)C(=O)O. The molecule has 1 fully saturated rings. The Morgan fingerprint density at radius 3 is 2.37 bits per heavy atom. The molecule has 1 aliphatic rings. The summed E-state index contributed by atoms with van der Waals surface area (Å²) in [6, 6.07) is 4.74. The second-order valence-corrected chi connectivity index (χ2v) is 8.93. The molecule has 0 spiro atoms. The summed E-state index contributed by atoms with van der Waals surface area (Å²) in [4.78, 5) is 63.1. The van der Waals surface area contributed by atoms with E-state index < -0.39 is 53.8 Å². The first-order chi connectivity index (χ1) is 16.5. The largest absolute Gasteiger partial charge is 0.480 e. The number of likely N-dealkylation sites (tertiary alicyclic amines) is 1. The molecule has 1 aliphatic heterocycles. The number of nitrogens with one attached hydrogen (secondary N) is 2. The zero-order chi connectivity index (χ0) is 26.1. The average molecular weight is 490 g/mol. The van der Waals surface area contributed by atoms with Crippen molar-refractivity contribution < 1.29 is 29.1 Å². The zero-order valence-corrected chi connectivity index (χ0v) is 20.1. The summed E-state index contributed by atoms with van der Waals surface area (Å²) in [5, 5.41) is 14.9. The highest BCUT2D eigenvalue weighted by Crippen LogP contribution is 2.20. The van der Waals surface area contributed by atoms with E-state index in [9.17, 15) is 29.1 Å². The van der Waals surface area contributed by atoms with Crippen molar-refractivity contribution in [2.45, 2.75) is 70.1 Å². The van der Waals surface area contributed by atoms with Gasteiger partial charge in [-0.3, -0.25) is 19.2 Å². The molecule has 5 unspecified atom stereocenters. The fraction of sp³-hybridized carbons (Fsp3) is 0.542. The van der Waals surface area contributed by atoms with E-state index in [2.05, 4.69) is 10.6 Å². The summed E-state index contributed by atoms with van der Waals surface area (Å²) >= 11 is 0. The highest BCUT2D eigenvalue weighted by Gasteiger charge is 2.39. The van der Waals surface area contributed by atoms with Crippen LogP contribution in [0.15, 0.2) is 30.3 Å². The van der Waals surface area contributed by atoms with Gasteiger partial charge in [-0.2, -0.15) is 0 Å². The third kappa shape index (κ3) is 7.78. The number of nitrogens with zero attached hydrogens (tertiary/aromatic N) is 1. The highest BCUT2D eigenvalue weighted by atomic mass is 16.4. The normalized spacial score (nSPS) is 18.7. The predicted molar refractivity (Wildman–Crippen MR) is 128 cm³/mol. The van der Waals surface area contributed by atoms with Crippen molar-refractivity contribution in [1.82, 2.24) is 15.5 Å². The number of nitrogens with two attached hydrogens (primary N) is 2. The first kappa shape index (κ1) is 27.8. The maximum absolute atomic E-state index is 13.1. The number of hydrogen-bond donors (Lipinski definition) is 5. The fourth-order valence-corrected chi connectivity index (χ4v) is 4.08. The van der Waals surface area contributed by atoms with Gasteiger partial charge in [-0.25, -0.2) is 4.79 Å². The molecule has 35 heavy (non-hydrogen) atoms. The lowest BCUT2D eigenvalue weighted by atomic mass is 9.96. The zero-order valence-electron chi connectivity index (χ0n) is 20.1. The van der Waals surface area contributed by atoms with Crippen molar-refractivity contribution in [2.75, 3.05) is 6.54 Å². The van der Waals surface area contributed by atoms with Crippen molar-refractivity contribution in [3.05, 3.63) is 35.9 Å². The molecule has 5 atom stereocenters. The number of aliphatic carboxylic acids is 1. The highest BCUT2D eigenvalue weighted by molar-refractivity contribution is 5.95. The molecule has 1 heterocycles. The van der Waals surface area contributed by atoms with E-state index in [-0.39, 0.29) is 18.8 Å². The summed E-state index contributed by atoms with van der Waals surface area (Å²) in [5.41, 5.74) is 11.7. The number of carboxylic acid groups (broad SMARTS) is 1. The number of carbonyl (C=O) groups is 5. The lowest BCUT2D eigenvalue weighted by Gasteiger charge is -2.30. The second kappa shape index (κ2) is 12.8. The van der Waals surface area contributed by atoms with Crippen molar-refractivity contribution in [2.24, 2.45) is 17.4 Å². The Bertz CT molecular complexity index is 924. The Balaban J connectivity index is 2.12. The summed E-state index contributed by atoms with van der Waals surface area (Å²) in [6.07, 6.45) is 1.24. The van der Waals surface area contributed by atoms with Crippen LogP contribution in [-0.2, 0) is 30.4 Å². The van der Waals surface area contributed by atoms with E-state index in [0.717, 1.165) is 5.56 Å². The molecule has 0 radical (unpaired) electrons. The number of hydrogen-bond acceptors (Lipinski definition) is 6. The van der Waals surface area contributed by atoms with Crippen LogP contribution in [0, 0.1) is 5.92 Å². The van der Waals surface area contributed by atoms with Gasteiger partial charge in [0, 0.05) is 13.0 Å². The van der Waals surface area contributed by atoms with E-state index in [0.29, 0.717) is 25.8 Å². The van der Waals surface area contributed by atoms with Crippen molar-refractivity contribution in [1.29, 1.82) is 0 Å². The minimum absolute atomic E-state index is 0.0890. The number of benzene rings is 1. The minimum atomic E-state index is -1.19. The van der Waals surface area contributed by atoms with Gasteiger partial charge in [-0.05, 0) is 24.3 Å². The third-order valence-electron chi connectivity index (χ3n) is 6.27. The molecule has 192 valence electrons. The van der Waals surface area contributed by atoms with Crippen LogP contribution in [0.4, 0.5) is 0 Å². The Morgan fingerprint density at radius 1 is 1.14 bits per heavy atom. The van der Waals surface area contributed by atoms with Gasteiger partial charge in [0.1, 0.15) is 18.1 Å². The van der Waals surface area contributed by atoms with Crippen LogP contribution in [0.3, 0.4) is 0 Å². The van der Waals surface area contributed by atoms with Crippen LogP contribution in [0.25, 0.3) is 0 Å². The molecule has 0 aliphatic carbocycles. The van der Waals surface area contributed by atoms with Gasteiger partial charge in [-0.1, -0.05) is 50.6 Å². The standard InChI is InChI=1S/C24H35N5O6/c1-3-14(2)20(22(32)27-17(24(34)35)12-15-8-5-4-6-9-15)28-21(31)18-10-7-11-29(18)23(33)16(25)13-19(26)30/h4-6,8-9,14,16-18,20H,3,7,10-13,25H2,1-2H3,(H2,26,30)(H,27,32)(H,28,31)(H,34,35). The Kier molecular flexibility index (Phi) is 10.2. The molecule has 11 heteroatoms. The quantitative estimate of drug-likeness (QED) is 0.262. The Labute approximate surface area is 204 Å². The van der Waals surface area contributed by atoms with E-state index in [4.69, 9.17) is 11.5 Å². The topological polar surface area (TPSA) is 185 Å². The second-order valence-electron chi connectivity index (χ2n) is 8.93. The van der Waals surface area contributed by atoms with Gasteiger partial charge in [0.25, 0.3) is 0 Å². The number of rotatable bonds is 12. The molecular weight excluding hydrogens is 454 g/mol. The van der Waals surface area contributed by atoms with E-state index in [1.165, 1.54) is 4.90 Å². The maximum Gasteiger partial charge on any atom is 0.326 e. The molecule has 11 nitrogen and oxygen atoms in total. The summed E-state index contributed by atoms with van der Waals surface area (Å²) in [7, 11) is 0. The predicted octanol–water partition coefficient (Wildman–Crippen LogP) is -0.477. The summed E-state index contributed by atoms with van der Waals surface area (Å²) in [5.74, 6) is -3.90. The molecular formula is C24H35N5O6. The molecule has 0 bridgehead atoms. The Morgan fingerprint density at radius 2 is 1.80 bits per heavy atom. The van der Waals surface area contributed by atoms with Crippen LogP contribution >= 0.6 is 0 Å². The van der Waals surface area contributed by atoms with Gasteiger partial charge >= 0.3 is 5.97 Å². The summed E-state index contributed by atoms with van der Waals surface area (Å²) < 4.78 is 0. The average Bonchev–Trinajstić information content (AvgIpc) is 3.31. The molecule has 1 aromatic rings. The van der Waals surface area contributed by atoms with Crippen LogP contribution in [0.5, 0.6) is 0 Å². The number of primary amides is 1. The van der Waals surface area contributed by atoms with Crippen molar-refractivity contribution >= 4 is 29.6 Å². The molecule has 1 aromatic carbocycles. The summed E-state index contributed by atoms with van der Waals surface area (Å²) in [6.45, 7) is 3.92. The molecule has 0 aromatic heterocycles. The van der Waals surface area contributed by atoms with Gasteiger partial charge in [-0.15, -0.1) is 0 Å². The van der Waals surface area contributed by atoms with Crippen LogP contribution < -0.4 is 22.1 Å². The van der Waals surface area contributed by atoms with Gasteiger partial charge in [0.05, 0.1) is 12.5 Å². The fourth-order valence-electron chi connectivity index (χ4n) is 4.08. The van der Waals surface area contributed by atoms with Gasteiger partial charge in [0.2, 0.25) is 23.6 Å². The van der Waals surface area contributed by atoms with Crippen molar-refractivity contribution in [3.63, 3.8) is 0 Å². The van der Waals surface area contributed by atoms with E-state index >= 15 is 0 Å². The molecule has 1 saturated heterocycles. The van der Waals surface area contributed by atoms with Crippen LogP contribution in [0.2, 0.25) is 0 Å².